The quantitative estimate of drug-likeness (QED) is 0.657. The lowest BCUT2D eigenvalue weighted by Crippen LogP contribution is -2.36. The maximum atomic E-state index is 11.6. The van der Waals surface area contributed by atoms with Crippen LogP contribution in [0.15, 0.2) is 0 Å². The summed E-state index contributed by atoms with van der Waals surface area (Å²) in [6.45, 7) is 1.73. The van der Waals surface area contributed by atoms with E-state index in [4.69, 9.17) is 4.74 Å². The molecule has 0 amide bonds. The Morgan fingerprint density at radius 2 is 2.06 bits per heavy atom. The molecule has 0 aromatic carbocycles. The number of sulfonamides is 1. The molecular formula is C10H20N2O3S. The highest BCUT2D eigenvalue weighted by Crippen LogP contribution is 2.18. The van der Waals surface area contributed by atoms with Crippen molar-refractivity contribution in [2.45, 2.75) is 37.8 Å². The molecule has 5 nitrogen and oxygen atoms in total. The zero-order valence-corrected chi connectivity index (χ0v) is 10.3. The summed E-state index contributed by atoms with van der Waals surface area (Å²) in [5.74, 6) is 0.163. The van der Waals surface area contributed by atoms with Crippen molar-refractivity contribution in [3.8, 4) is 0 Å². The van der Waals surface area contributed by atoms with Crippen LogP contribution in [0.4, 0.5) is 0 Å². The average molecular weight is 248 g/mol. The minimum absolute atomic E-state index is 0.0752. The molecule has 2 fully saturated rings. The number of hydrogen-bond donors (Lipinski definition) is 2. The lowest BCUT2D eigenvalue weighted by atomic mass is 10.2. The Bertz CT molecular complexity index is 308. The molecule has 94 valence electrons. The van der Waals surface area contributed by atoms with Gasteiger partial charge in [-0.05, 0) is 25.7 Å². The molecule has 1 aliphatic carbocycles. The Morgan fingerprint density at radius 1 is 1.25 bits per heavy atom. The van der Waals surface area contributed by atoms with E-state index in [9.17, 15) is 8.42 Å². The van der Waals surface area contributed by atoms with Gasteiger partial charge >= 0.3 is 0 Å². The molecule has 6 heteroatoms. The van der Waals surface area contributed by atoms with Crippen LogP contribution in [0.3, 0.4) is 0 Å². The van der Waals surface area contributed by atoms with E-state index >= 15 is 0 Å². The normalized spacial score (nSPS) is 26.1. The van der Waals surface area contributed by atoms with Gasteiger partial charge in [-0.25, -0.2) is 13.1 Å². The standard InChI is InChI=1S/C10H20N2O3S/c13-16(14,7-5-11-9-3-4-9)12-8-10-2-1-6-15-10/h9-12H,1-8H2. The first-order valence-corrected chi connectivity index (χ1v) is 7.63. The molecule has 2 rings (SSSR count). The van der Waals surface area contributed by atoms with Crippen molar-refractivity contribution in [2.24, 2.45) is 0 Å². The monoisotopic (exact) mass is 248 g/mol. The maximum absolute atomic E-state index is 11.6. The Kier molecular flexibility index (Phi) is 4.18. The third-order valence-electron chi connectivity index (χ3n) is 2.94. The number of nitrogens with one attached hydrogen (secondary N) is 2. The van der Waals surface area contributed by atoms with Crippen molar-refractivity contribution >= 4 is 10.0 Å². The summed E-state index contributed by atoms with van der Waals surface area (Å²) < 4.78 is 31.1. The van der Waals surface area contributed by atoms with E-state index in [0.29, 0.717) is 19.1 Å². The van der Waals surface area contributed by atoms with Crippen LogP contribution in [0.1, 0.15) is 25.7 Å². The molecule has 0 spiro atoms. The van der Waals surface area contributed by atoms with E-state index in [-0.39, 0.29) is 11.9 Å². The van der Waals surface area contributed by atoms with Crippen LogP contribution >= 0.6 is 0 Å². The first kappa shape index (κ1) is 12.3. The summed E-state index contributed by atoms with van der Waals surface area (Å²) in [6.07, 6.45) is 4.44. The summed E-state index contributed by atoms with van der Waals surface area (Å²) in [6, 6.07) is 0.563. The van der Waals surface area contributed by atoms with Crippen molar-refractivity contribution < 1.29 is 13.2 Å². The van der Waals surface area contributed by atoms with Crippen LogP contribution in [0.5, 0.6) is 0 Å². The van der Waals surface area contributed by atoms with Gasteiger partial charge in [-0.3, -0.25) is 0 Å². The Labute approximate surface area is 97.0 Å². The highest BCUT2D eigenvalue weighted by Gasteiger charge is 2.22. The molecule has 0 aromatic heterocycles. The second-order valence-corrected chi connectivity index (χ2v) is 6.46. The molecular weight excluding hydrogens is 228 g/mol. The Morgan fingerprint density at radius 3 is 2.69 bits per heavy atom. The first-order chi connectivity index (χ1) is 7.66. The van der Waals surface area contributed by atoms with Crippen LogP contribution < -0.4 is 10.0 Å². The third-order valence-corrected chi connectivity index (χ3v) is 4.28. The highest BCUT2D eigenvalue weighted by atomic mass is 32.2. The third kappa shape index (κ3) is 4.37. The van der Waals surface area contributed by atoms with Gasteiger partial charge in [0.05, 0.1) is 11.9 Å². The smallest absolute Gasteiger partial charge is 0.212 e. The minimum Gasteiger partial charge on any atom is -0.377 e. The minimum atomic E-state index is -3.13. The molecule has 1 atom stereocenters. The van der Waals surface area contributed by atoms with Crippen LogP contribution in [-0.4, -0.2) is 46.0 Å². The fourth-order valence-corrected chi connectivity index (χ4v) is 2.75. The lowest BCUT2D eigenvalue weighted by Gasteiger charge is -2.11. The average Bonchev–Trinajstić information content (AvgIpc) is 2.91. The topological polar surface area (TPSA) is 67.4 Å². The fourth-order valence-electron chi connectivity index (χ4n) is 1.78. The molecule has 1 heterocycles. The molecule has 2 N–H and O–H groups in total. The van der Waals surface area contributed by atoms with Crippen molar-refractivity contribution in [3.05, 3.63) is 0 Å². The van der Waals surface area contributed by atoms with Gasteiger partial charge in [0, 0.05) is 25.7 Å². The maximum Gasteiger partial charge on any atom is 0.212 e. The largest absolute Gasteiger partial charge is 0.377 e. The van der Waals surface area contributed by atoms with Gasteiger partial charge in [-0.1, -0.05) is 0 Å². The fraction of sp³-hybridized carbons (Fsp3) is 1.00. The Balaban J connectivity index is 1.61. The van der Waals surface area contributed by atoms with Gasteiger partial charge in [-0.15, -0.1) is 0 Å². The van der Waals surface area contributed by atoms with Crippen molar-refractivity contribution in [2.75, 3.05) is 25.4 Å². The van der Waals surface area contributed by atoms with Gasteiger partial charge in [0.1, 0.15) is 0 Å². The van der Waals surface area contributed by atoms with Crippen molar-refractivity contribution in [3.63, 3.8) is 0 Å². The molecule has 1 saturated carbocycles. The summed E-state index contributed by atoms with van der Waals surface area (Å²) in [5.41, 5.74) is 0. The summed E-state index contributed by atoms with van der Waals surface area (Å²) in [4.78, 5) is 0. The van der Waals surface area contributed by atoms with E-state index in [0.717, 1.165) is 19.4 Å². The second-order valence-electron chi connectivity index (χ2n) is 4.53. The highest BCUT2D eigenvalue weighted by molar-refractivity contribution is 7.89. The zero-order chi connectivity index (χ0) is 11.4. The molecule has 0 radical (unpaired) electrons. The predicted molar refractivity (Wildman–Crippen MR) is 61.8 cm³/mol. The summed E-state index contributed by atoms with van der Waals surface area (Å²) >= 11 is 0. The molecule has 2 aliphatic rings. The van der Waals surface area contributed by atoms with Gasteiger partial charge in [0.25, 0.3) is 0 Å². The van der Waals surface area contributed by atoms with Crippen molar-refractivity contribution in [1.82, 2.24) is 10.0 Å². The van der Waals surface area contributed by atoms with Gasteiger partial charge in [-0.2, -0.15) is 0 Å². The van der Waals surface area contributed by atoms with Gasteiger partial charge in [0.2, 0.25) is 10.0 Å². The number of hydrogen-bond acceptors (Lipinski definition) is 4. The molecule has 16 heavy (non-hydrogen) atoms. The molecule has 1 aliphatic heterocycles. The van der Waals surface area contributed by atoms with E-state index in [2.05, 4.69) is 10.0 Å². The number of ether oxygens (including phenoxy) is 1. The van der Waals surface area contributed by atoms with Crippen LogP contribution in [-0.2, 0) is 14.8 Å². The Hall–Kier alpha value is -0.170. The van der Waals surface area contributed by atoms with Crippen LogP contribution in [0, 0.1) is 0 Å². The van der Waals surface area contributed by atoms with E-state index < -0.39 is 10.0 Å². The second kappa shape index (κ2) is 5.44. The molecule has 0 aromatic rings. The van der Waals surface area contributed by atoms with E-state index in [1.54, 1.807) is 0 Å². The summed E-state index contributed by atoms with van der Waals surface area (Å²) in [7, 11) is -3.13. The lowest BCUT2D eigenvalue weighted by molar-refractivity contribution is 0.114. The zero-order valence-electron chi connectivity index (χ0n) is 9.44. The van der Waals surface area contributed by atoms with E-state index in [1.807, 2.05) is 0 Å². The van der Waals surface area contributed by atoms with Crippen LogP contribution in [0.2, 0.25) is 0 Å². The molecule has 0 bridgehead atoms. The first-order valence-electron chi connectivity index (χ1n) is 5.98. The SMILES string of the molecule is O=S(=O)(CCNC1CC1)NCC1CCCO1. The van der Waals surface area contributed by atoms with Crippen molar-refractivity contribution in [1.29, 1.82) is 0 Å². The van der Waals surface area contributed by atoms with Gasteiger partial charge < -0.3 is 10.1 Å². The number of rotatable bonds is 7. The van der Waals surface area contributed by atoms with Crippen LogP contribution in [0.25, 0.3) is 0 Å². The molecule has 1 unspecified atom stereocenters. The predicted octanol–water partition coefficient (Wildman–Crippen LogP) is -0.163. The van der Waals surface area contributed by atoms with Gasteiger partial charge in [0.15, 0.2) is 0 Å². The summed E-state index contributed by atoms with van der Waals surface area (Å²) in [5, 5.41) is 3.19. The van der Waals surface area contributed by atoms with E-state index in [1.165, 1.54) is 12.8 Å². The molecule has 1 saturated heterocycles.